The predicted octanol–water partition coefficient (Wildman–Crippen LogP) is 11.0. The number of carbonyl (C=O) groups is 2. The van der Waals surface area contributed by atoms with Crippen molar-refractivity contribution in [3.8, 4) is 45.1 Å². The van der Waals surface area contributed by atoms with Crippen LogP contribution >= 0.6 is 0 Å². The average molecular weight is 667 g/mol. The molecule has 0 atom stereocenters. The van der Waals surface area contributed by atoms with Gasteiger partial charge in [-0.05, 0) is 100 Å². The Kier molecular flexibility index (Phi) is 7.10. The van der Waals surface area contributed by atoms with E-state index in [-0.39, 0.29) is 11.8 Å². The van der Waals surface area contributed by atoms with Crippen molar-refractivity contribution >= 4 is 45.0 Å². The Hall–Kier alpha value is -7.54. The second kappa shape index (κ2) is 12.1. The van der Waals surface area contributed by atoms with Gasteiger partial charge in [-0.1, -0.05) is 91.0 Å². The summed E-state index contributed by atoms with van der Waals surface area (Å²) in [6.45, 7) is 7.53. The maximum absolute atomic E-state index is 14.4. The molecule has 8 aromatic rings. The third kappa shape index (κ3) is 4.87. The van der Waals surface area contributed by atoms with Crippen LogP contribution in [0.1, 0.15) is 26.3 Å². The van der Waals surface area contributed by atoms with Crippen LogP contribution < -0.4 is 4.90 Å². The Morgan fingerprint density at radius 2 is 1.12 bits per heavy atom. The summed E-state index contributed by atoms with van der Waals surface area (Å²) in [7, 11) is 0. The molecule has 0 saturated carbocycles. The summed E-state index contributed by atoms with van der Waals surface area (Å²) in [4.78, 5) is 33.2. The van der Waals surface area contributed by atoms with Crippen LogP contribution in [0.15, 0.2) is 158 Å². The first-order valence-corrected chi connectivity index (χ1v) is 16.8. The summed E-state index contributed by atoms with van der Waals surface area (Å²) in [6, 6.07) is 52.5. The third-order valence-electron chi connectivity index (χ3n) is 9.77. The van der Waals surface area contributed by atoms with Crippen molar-refractivity contribution in [2.75, 3.05) is 4.90 Å². The number of rotatable bonds is 5. The van der Waals surface area contributed by atoms with Gasteiger partial charge in [0.2, 0.25) is 0 Å². The average Bonchev–Trinajstić information content (AvgIpc) is 3.67. The van der Waals surface area contributed by atoms with Crippen molar-refractivity contribution in [1.29, 1.82) is 5.26 Å². The highest BCUT2D eigenvalue weighted by Gasteiger charge is 2.39. The molecule has 6 heteroatoms. The fraction of sp³-hybridized carbons (Fsp3) is 0. The van der Waals surface area contributed by atoms with Crippen molar-refractivity contribution in [2.24, 2.45) is 0 Å². The quantitative estimate of drug-likeness (QED) is 0.136. The van der Waals surface area contributed by atoms with E-state index in [1.807, 2.05) is 127 Å². The molecule has 0 spiro atoms. The maximum Gasteiger partial charge on any atom is 0.268 e. The number of imide groups is 1. The van der Waals surface area contributed by atoms with Gasteiger partial charge in [-0.3, -0.25) is 9.59 Å². The van der Waals surface area contributed by atoms with Crippen LogP contribution in [0.25, 0.3) is 65.7 Å². The van der Waals surface area contributed by atoms with Crippen molar-refractivity contribution < 1.29 is 9.59 Å². The lowest BCUT2D eigenvalue weighted by Crippen LogP contribution is -2.29. The Labute approximate surface area is 299 Å². The number of hydrogen-bond acceptors (Lipinski definition) is 3. The largest absolute Gasteiger partial charge is 0.308 e. The lowest BCUT2D eigenvalue weighted by atomic mass is 9.99. The van der Waals surface area contributed by atoms with Crippen LogP contribution in [-0.4, -0.2) is 16.4 Å². The fourth-order valence-electron chi connectivity index (χ4n) is 7.29. The number of nitrogens with zero attached hydrogens (tertiary/aromatic N) is 4. The molecule has 9 rings (SSSR count). The monoisotopic (exact) mass is 666 g/mol. The number of fused-ring (bicyclic) bond motifs is 4. The first-order chi connectivity index (χ1) is 25.5. The molecular weight excluding hydrogens is 641 g/mol. The highest BCUT2D eigenvalue weighted by Crippen LogP contribution is 2.41. The van der Waals surface area contributed by atoms with E-state index in [0.717, 1.165) is 55.2 Å². The second-order valence-corrected chi connectivity index (χ2v) is 12.7. The normalized spacial score (nSPS) is 12.2. The molecule has 0 radical (unpaired) electrons. The minimum atomic E-state index is -0.379. The molecule has 1 aliphatic rings. The first-order valence-electron chi connectivity index (χ1n) is 16.8. The van der Waals surface area contributed by atoms with Gasteiger partial charge in [0.1, 0.15) is 0 Å². The van der Waals surface area contributed by atoms with E-state index in [4.69, 9.17) is 6.57 Å². The number of carbonyl (C=O) groups excluding carboxylic acids is 2. The molecule has 0 fully saturated rings. The molecule has 52 heavy (non-hydrogen) atoms. The third-order valence-corrected chi connectivity index (χ3v) is 9.77. The van der Waals surface area contributed by atoms with E-state index in [9.17, 15) is 14.9 Å². The summed E-state index contributed by atoms with van der Waals surface area (Å²) in [5.74, 6) is -0.743. The van der Waals surface area contributed by atoms with Gasteiger partial charge in [0.25, 0.3) is 11.8 Å². The number of hydrogen-bond donors (Lipinski definition) is 0. The summed E-state index contributed by atoms with van der Waals surface area (Å²) >= 11 is 0. The van der Waals surface area contributed by atoms with Crippen molar-refractivity contribution in [3.05, 3.63) is 186 Å². The molecule has 0 bridgehead atoms. The number of nitriles is 1. The molecule has 242 valence electrons. The van der Waals surface area contributed by atoms with Crippen molar-refractivity contribution in [3.63, 3.8) is 0 Å². The fourth-order valence-corrected chi connectivity index (χ4v) is 7.29. The summed E-state index contributed by atoms with van der Waals surface area (Å²) in [6.07, 6.45) is 0. The Balaban J connectivity index is 1.22. The van der Waals surface area contributed by atoms with Gasteiger partial charge in [-0.25, -0.2) is 9.74 Å². The van der Waals surface area contributed by atoms with Gasteiger partial charge < -0.3 is 4.57 Å². The zero-order valence-electron chi connectivity index (χ0n) is 27.6. The van der Waals surface area contributed by atoms with Gasteiger partial charge in [0.15, 0.2) is 5.69 Å². The van der Waals surface area contributed by atoms with Crippen LogP contribution in [0.4, 0.5) is 11.4 Å². The summed E-state index contributed by atoms with van der Waals surface area (Å²) in [5, 5.41) is 11.5. The predicted molar refractivity (Wildman–Crippen MR) is 206 cm³/mol. The Morgan fingerprint density at radius 3 is 1.79 bits per heavy atom. The van der Waals surface area contributed by atoms with E-state index >= 15 is 0 Å². The topological polar surface area (TPSA) is 70.5 Å². The van der Waals surface area contributed by atoms with E-state index in [2.05, 4.69) is 27.6 Å². The van der Waals surface area contributed by atoms with Crippen LogP contribution in [0.3, 0.4) is 0 Å². The first kappa shape index (κ1) is 30.5. The molecule has 0 aliphatic carbocycles. The van der Waals surface area contributed by atoms with Crippen LogP contribution in [0, 0.1) is 17.9 Å². The van der Waals surface area contributed by atoms with Gasteiger partial charge in [0, 0.05) is 10.8 Å². The van der Waals surface area contributed by atoms with Gasteiger partial charge in [0.05, 0.1) is 51.7 Å². The Bertz CT molecular complexity index is 2740. The standard InChI is InChI=1S/C46H26N4O2/c1-48-36-13-6-12-33(25-36)35-19-23-42-40(27-35)39-26-34(32-11-5-8-29(24-32)28-47)18-22-41(39)50(42)43-15-7-14-38-44(43)46(52)49(45(38)51)37-20-16-31(17-21-37)30-9-3-2-4-10-30/h2-27H. The summed E-state index contributed by atoms with van der Waals surface area (Å²) in [5.41, 5.74) is 10.4. The molecule has 1 aromatic heterocycles. The molecule has 1 aliphatic heterocycles. The molecule has 2 amide bonds. The number of aromatic nitrogens is 1. The molecule has 0 unspecified atom stereocenters. The molecule has 6 nitrogen and oxygen atoms in total. The second-order valence-electron chi connectivity index (χ2n) is 12.7. The maximum atomic E-state index is 14.4. The van der Waals surface area contributed by atoms with Crippen LogP contribution in [0.2, 0.25) is 0 Å². The van der Waals surface area contributed by atoms with Crippen molar-refractivity contribution in [2.45, 2.75) is 0 Å². The minimum Gasteiger partial charge on any atom is -0.308 e. The summed E-state index contributed by atoms with van der Waals surface area (Å²) < 4.78 is 2.06. The van der Waals surface area contributed by atoms with Crippen molar-refractivity contribution in [1.82, 2.24) is 4.57 Å². The van der Waals surface area contributed by atoms with Crippen LogP contribution in [0.5, 0.6) is 0 Å². The highest BCUT2D eigenvalue weighted by molar-refractivity contribution is 6.35. The van der Waals surface area contributed by atoms with E-state index in [0.29, 0.717) is 33.8 Å². The van der Waals surface area contributed by atoms with E-state index in [1.165, 1.54) is 4.90 Å². The van der Waals surface area contributed by atoms with Crippen LogP contribution in [-0.2, 0) is 0 Å². The van der Waals surface area contributed by atoms with E-state index < -0.39 is 0 Å². The lowest BCUT2D eigenvalue weighted by molar-refractivity contribution is 0.0926. The van der Waals surface area contributed by atoms with Gasteiger partial charge in [-0.15, -0.1) is 0 Å². The molecule has 0 N–H and O–H groups in total. The SMILES string of the molecule is [C-]#[N+]c1cccc(-c2ccc3c(c2)c2cc(-c4cccc(C#N)c4)ccc2n3-c2cccc3c2C(=O)N(c2ccc(-c4ccccc4)cc2)C3=O)c1. The number of anilines is 1. The zero-order valence-corrected chi connectivity index (χ0v) is 27.6. The number of amides is 2. The van der Waals surface area contributed by atoms with Gasteiger partial charge in [-0.2, -0.15) is 5.26 Å². The smallest absolute Gasteiger partial charge is 0.268 e. The minimum absolute atomic E-state index is 0.345. The molecule has 0 saturated heterocycles. The molecular formula is C46H26N4O2. The van der Waals surface area contributed by atoms with Gasteiger partial charge >= 0.3 is 0 Å². The zero-order chi connectivity index (χ0) is 35.3. The highest BCUT2D eigenvalue weighted by atomic mass is 16.2. The number of benzene rings is 7. The van der Waals surface area contributed by atoms with E-state index in [1.54, 1.807) is 18.2 Å². The molecule has 7 aromatic carbocycles. The Morgan fingerprint density at radius 1 is 0.538 bits per heavy atom. The molecule has 2 heterocycles. The lowest BCUT2D eigenvalue weighted by Gasteiger charge is -2.15.